The van der Waals surface area contributed by atoms with Crippen LogP contribution in [0.2, 0.25) is 0 Å². The summed E-state index contributed by atoms with van der Waals surface area (Å²) in [5.41, 5.74) is 2.45. The average Bonchev–Trinajstić information content (AvgIpc) is 3.10. The number of fused-ring (bicyclic) bond motifs is 1. The monoisotopic (exact) mass is 324 g/mol. The van der Waals surface area contributed by atoms with E-state index < -0.39 is 0 Å². The average molecular weight is 324 g/mol. The molecule has 3 heterocycles. The van der Waals surface area contributed by atoms with Crippen LogP contribution in [0.25, 0.3) is 10.2 Å². The number of aromatic nitrogens is 1. The van der Waals surface area contributed by atoms with Crippen LogP contribution in [-0.2, 0) is 0 Å². The highest BCUT2D eigenvalue weighted by molar-refractivity contribution is 7.17. The SMILES string of the molecule is c1ccc(C2CCNCC2COc2ccnc3ccsc23)cc1. The lowest BCUT2D eigenvalue weighted by Crippen LogP contribution is -2.38. The van der Waals surface area contributed by atoms with E-state index in [1.165, 1.54) is 12.0 Å². The quantitative estimate of drug-likeness (QED) is 0.785. The van der Waals surface area contributed by atoms with Gasteiger partial charge in [-0.05, 0) is 42.0 Å². The number of nitrogens with one attached hydrogen (secondary N) is 1. The fourth-order valence-electron chi connectivity index (χ4n) is 3.40. The molecule has 2 aromatic heterocycles. The van der Waals surface area contributed by atoms with Crippen molar-refractivity contribution >= 4 is 21.6 Å². The number of rotatable bonds is 4. The normalized spacial score (nSPS) is 21.4. The summed E-state index contributed by atoms with van der Waals surface area (Å²) in [6.07, 6.45) is 3.00. The van der Waals surface area contributed by atoms with Crippen molar-refractivity contribution in [3.05, 3.63) is 59.6 Å². The molecule has 1 saturated heterocycles. The smallest absolute Gasteiger partial charge is 0.140 e. The summed E-state index contributed by atoms with van der Waals surface area (Å²) in [5, 5.41) is 5.58. The van der Waals surface area contributed by atoms with Crippen LogP contribution in [0.3, 0.4) is 0 Å². The van der Waals surface area contributed by atoms with Crippen molar-refractivity contribution in [3.8, 4) is 5.75 Å². The van der Waals surface area contributed by atoms with E-state index in [4.69, 9.17) is 4.74 Å². The van der Waals surface area contributed by atoms with Crippen molar-refractivity contribution in [2.24, 2.45) is 5.92 Å². The van der Waals surface area contributed by atoms with Crippen LogP contribution in [0.4, 0.5) is 0 Å². The molecule has 1 fully saturated rings. The Morgan fingerprint density at radius 1 is 1.17 bits per heavy atom. The molecule has 0 spiro atoms. The van der Waals surface area contributed by atoms with Crippen molar-refractivity contribution in [1.82, 2.24) is 10.3 Å². The predicted octanol–water partition coefficient (Wildman–Crippen LogP) is 4.07. The number of nitrogens with zero attached hydrogens (tertiary/aromatic N) is 1. The first-order valence-electron chi connectivity index (χ1n) is 8.12. The molecule has 3 aromatic rings. The first kappa shape index (κ1) is 14.7. The molecule has 2 atom stereocenters. The molecular formula is C19H20N2OS. The van der Waals surface area contributed by atoms with Gasteiger partial charge in [-0.1, -0.05) is 30.3 Å². The zero-order chi connectivity index (χ0) is 15.5. The lowest BCUT2D eigenvalue weighted by atomic mass is 9.81. The minimum absolute atomic E-state index is 0.495. The topological polar surface area (TPSA) is 34.1 Å². The fraction of sp³-hybridized carbons (Fsp3) is 0.316. The number of piperidine rings is 1. The van der Waals surface area contributed by atoms with Gasteiger partial charge in [0.1, 0.15) is 5.75 Å². The van der Waals surface area contributed by atoms with Crippen molar-refractivity contribution in [3.63, 3.8) is 0 Å². The van der Waals surface area contributed by atoms with Gasteiger partial charge in [0.25, 0.3) is 0 Å². The lowest BCUT2D eigenvalue weighted by Gasteiger charge is -2.32. The lowest BCUT2D eigenvalue weighted by molar-refractivity contribution is 0.198. The van der Waals surface area contributed by atoms with Crippen LogP contribution in [0.5, 0.6) is 5.75 Å². The van der Waals surface area contributed by atoms with Crippen LogP contribution in [0.1, 0.15) is 17.9 Å². The molecule has 4 rings (SSSR count). The predicted molar refractivity (Wildman–Crippen MR) is 95.3 cm³/mol. The summed E-state index contributed by atoms with van der Waals surface area (Å²) in [7, 11) is 0. The minimum Gasteiger partial charge on any atom is -0.492 e. The molecule has 0 saturated carbocycles. The van der Waals surface area contributed by atoms with Gasteiger partial charge in [0.05, 0.1) is 16.8 Å². The van der Waals surface area contributed by atoms with Gasteiger partial charge in [-0.2, -0.15) is 0 Å². The van der Waals surface area contributed by atoms with E-state index >= 15 is 0 Å². The molecule has 1 aliphatic rings. The molecule has 0 aliphatic carbocycles. The Morgan fingerprint density at radius 2 is 2.09 bits per heavy atom. The van der Waals surface area contributed by atoms with Crippen LogP contribution < -0.4 is 10.1 Å². The van der Waals surface area contributed by atoms with Gasteiger partial charge in [0, 0.05) is 18.7 Å². The van der Waals surface area contributed by atoms with Crippen molar-refractivity contribution in [2.75, 3.05) is 19.7 Å². The number of hydrogen-bond donors (Lipinski definition) is 1. The van der Waals surface area contributed by atoms with Gasteiger partial charge in [-0.25, -0.2) is 0 Å². The Kier molecular flexibility index (Phi) is 4.26. The second kappa shape index (κ2) is 6.69. The second-order valence-corrected chi connectivity index (χ2v) is 6.94. The van der Waals surface area contributed by atoms with Crippen molar-refractivity contribution in [1.29, 1.82) is 0 Å². The molecule has 4 heteroatoms. The van der Waals surface area contributed by atoms with Crippen molar-refractivity contribution < 1.29 is 4.74 Å². The first-order chi connectivity index (χ1) is 11.4. The van der Waals surface area contributed by atoms with E-state index in [1.807, 2.05) is 18.3 Å². The van der Waals surface area contributed by atoms with Gasteiger partial charge in [-0.15, -0.1) is 11.3 Å². The highest BCUT2D eigenvalue weighted by Crippen LogP contribution is 2.33. The summed E-state index contributed by atoms with van der Waals surface area (Å²) in [6.45, 7) is 2.84. The highest BCUT2D eigenvalue weighted by atomic mass is 32.1. The molecule has 3 nitrogen and oxygen atoms in total. The maximum absolute atomic E-state index is 6.20. The van der Waals surface area contributed by atoms with Crippen molar-refractivity contribution in [2.45, 2.75) is 12.3 Å². The van der Waals surface area contributed by atoms with Gasteiger partial charge in [0.2, 0.25) is 0 Å². The Bertz CT molecular complexity index is 771. The van der Waals surface area contributed by atoms with Gasteiger partial charge < -0.3 is 10.1 Å². The van der Waals surface area contributed by atoms with Gasteiger partial charge >= 0.3 is 0 Å². The second-order valence-electron chi connectivity index (χ2n) is 6.03. The van der Waals surface area contributed by atoms with E-state index in [0.717, 1.165) is 35.7 Å². The number of benzene rings is 1. The summed E-state index contributed by atoms with van der Waals surface area (Å²) < 4.78 is 7.35. The molecule has 23 heavy (non-hydrogen) atoms. The zero-order valence-corrected chi connectivity index (χ0v) is 13.8. The standard InChI is InChI=1S/C19H20N2OS/c1-2-4-14(5-3-1)16-6-9-20-12-15(16)13-22-18-7-10-21-17-8-11-23-19(17)18/h1-5,7-8,10-11,15-16,20H,6,9,12-13H2. The number of pyridine rings is 1. The van der Waals surface area contributed by atoms with Crippen LogP contribution in [-0.4, -0.2) is 24.7 Å². The molecule has 2 unspecified atom stereocenters. The molecule has 0 bridgehead atoms. The van der Waals surface area contributed by atoms with E-state index in [9.17, 15) is 0 Å². The number of hydrogen-bond acceptors (Lipinski definition) is 4. The number of ether oxygens (including phenoxy) is 1. The summed E-state index contributed by atoms with van der Waals surface area (Å²) in [6, 6.07) is 14.9. The van der Waals surface area contributed by atoms with Crippen LogP contribution in [0, 0.1) is 5.92 Å². The van der Waals surface area contributed by atoms with E-state index in [2.05, 4.69) is 46.0 Å². The van der Waals surface area contributed by atoms with E-state index in [-0.39, 0.29) is 0 Å². The first-order valence-corrected chi connectivity index (χ1v) is 9.00. The molecule has 118 valence electrons. The third kappa shape index (κ3) is 3.09. The molecular weight excluding hydrogens is 304 g/mol. The summed E-state index contributed by atoms with van der Waals surface area (Å²) >= 11 is 1.69. The van der Waals surface area contributed by atoms with Crippen LogP contribution in [0.15, 0.2) is 54.0 Å². The summed E-state index contributed by atoms with van der Waals surface area (Å²) in [4.78, 5) is 4.38. The van der Waals surface area contributed by atoms with Gasteiger partial charge in [-0.3, -0.25) is 4.98 Å². The fourth-order valence-corrected chi connectivity index (χ4v) is 4.21. The third-order valence-corrected chi connectivity index (χ3v) is 5.51. The van der Waals surface area contributed by atoms with Gasteiger partial charge in [0.15, 0.2) is 0 Å². The third-order valence-electron chi connectivity index (χ3n) is 4.60. The Balaban J connectivity index is 1.51. The molecule has 1 aromatic carbocycles. The largest absolute Gasteiger partial charge is 0.492 e. The molecule has 0 radical (unpaired) electrons. The molecule has 0 amide bonds. The number of thiophene rings is 1. The van der Waals surface area contributed by atoms with E-state index in [0.29, 0.717) is 11.8 Å². The molecule has 1 N–H and O–H groups in total. The minimum atomic E-state index is 0.495. The van der Waals surface area contributed by atoms with Crippen LogP contribution >= 0.6 is 11.3 Å². The summed E-state index contributed by atoms with van der Waals surface area (Å²) in [5.74, 6) is 2.02. The Hall–Kier alpha value is -1.91. The Morgan fingerprint density at radius 3 is 3.00 bits per heavy atom. The van der Waals surface area contributed by atoms with E-state index in [1.54, 1.807) is 11.3 Å². The highest BCUT2D eigenvalue weighted by Gasteiger charge is 2.27. The Labute approximate surface area is 140 Å². The maximum Gasteiger partial charge on any atom is 0.140 e. The zero-order valence-electron chi connectivity index (χ0n) is 12.9. The molecule has 1 aliphatic heterocycles. The maximum atomic E-state index is 6.20.